The van der Waals surface area contributed by atoms with Crippen LogP contribution in [0.2, 0.25) is 5.02 Å². The van der Waals surface area contributed by atoms with Crippen LogP contribution in [0.5, 0.6) is 0 Å². The molecule has 8 nitrogen and oxygen atoms in total. The summed E-state index contributed by atoms with van der Waals surface area (Å²) in [6, 6.07) is 7.75. The van der Waals surface area contributed by atoms with Crippen LogP contribution in [0.15, 0.2) is 42.9 Å². The van der Waals surface area contributed by atoms with Crippen molar-refractivity contribution in [2.45, 2.75) is 19.8 Å². The molecule has 2 aromatic rings. The van der Waals surface area contributed by atoms with Crippen molar-refractivity contribution in [1.29, 1.82) is 0 Å². The SMILES string of the molecule is CCOCCCN(CCC(=O)N1CCN(c2ccccc2Cl)CC1)C(=O)c1cnccn1. The summed E-state index contributed by atoms with van der Waals surface area (Å²) < 4.78 is 5.39. The molecule has 0 bridgehead atoms. The van der Waals surface area contributed by atoms with E-state index in [1.165, 1.54) is 18.6 Å². The molecule has 2 amide bonds. The Bertz CT molecular complexity index is 875. The van der Waals surface area contributed by atoms with Crippen LogP contribution < -0.4 is 4.90 Å². The van der Waals surface area contributed by atoms with Crippen molar-refractivity contribution >= 4 is 29.1 Å². The van der Waals surface area contributed by atoms with E-state index in [4.69, 9.17) is 16.3 Å². The number of nitrogens with zero attached hydrogens (tertiary/aromatic N) is 5. The van der Waals surface area contributed by atoms with Crippen LogP contribution in [0.25, 0.3) is 0 Å². The Kier molecular flexibility index (Phi) is 9.25. The average molecular weight is 460 g/mol. The molecular weight excluding hydrogens is 430 g/mol. The Hall–Kier alpha value is -2.71. The van der Waals surface area contributed by atoms with Crippen LogP contribution in [-0.2, 0) is 9.53 Å². The highest BCUT2D eigenvalue weighted by Crippen LogP contribution is 2.26. The smallest absolute Gasteiger partial charge is 0.274 e. The first kappa shape index (κ1) is 23.9. The number of ether oxygens (including phenoxy) is 1. The van der Waals surface area contributed by atoms with Gasteiger partial charge >= 0.3 is 0 Å². The molecule has 172 valence electrons. The summed E-state index contributed by atoms with van der Waals surface area (Å²) >= 11 is 6.30. The van der Waals surface area contributed by atoms with Crippen molar-refractivity contribution in [2.24, 2.45) is 0 Å². The van der Waals surface area contributed by atoms with E-state index >= 15 is 0 Å². The number of hydrogen-bond acceptors (Lipinski definition) is 6. The third kappa shape index (κ3) is 6.64. The van der Waals surface area contributed by atoms with E-state index in [9.17, 15) is 9.59 Å². The van der Waals surface area contributed by atoms with Gasteiger partial charge in [0, 0.05) is 71.3 Å². The van der Waals surface area contributed by atoms with Crippen LogP contribution in [-0.4, -0.2) is 84.1 Å². The van der Waals surface area contributed by atoms with E-state index in [2.05, 4.69) is 14.9 Å². The van der Waals surface area contributed by atoms with Gasteiger partial charge in [0.1, 0.15) is 5.69 Å². The molecule has 0 N–H and O–H groups in total. The van der Waals surface area contributed by atoms with Gasteiger partial charge in [0.05, 0.1) is 16.9 Å². The Labute approximate surface area is 194 Å². The third-order valence-corrected chi connectivity index (χ3v) is 5.73. The van der Waals surface area contributed by atoms with Gasteiger partial charge in [0.15, 0.2) is 0 Å². The van der Waals surface area contributed by atoms with E-state index in [0.29, 0.717) is 45.8 Å². The maximum atomic E-state index is 12.9. The minimum absolute atomic E-state index is 0.0468. The molecule has 1 aliphatic heterocycles. The van der Waals surface area contributed by atoms with Gasteiger partial charge < -0.3 is 19.4 Å². The minimum atomic E-state index is -0.217. The molecule has 3 rings (SSSR count). The summed E-state index contributed by atoms with van der Waals surface area (Å²) in [6.07, 6.45) is 5.45. The van der Waals surface area contributed by atoms with Crippen molar-refractivity contribution in [3.8, 4) is 0 Å². The number of rotatable bonds is 10. The first-order chi connectivity index (χ1) is 15.6. The lowest BCUT2D eigenvalue weighted by Gasteiger charge is -2.36. The maximum absolute atomic E-state index is 12.9. The van der Waals surface area contributed by atoms with Gasteiger partial charge in [-0.3, -0.25) is 14.6 Å². The second-order valence-corrected chi connectivity index (χ2v) is 7.91. The largest absolute Gasteiger partial charge is 0.382 e. The first-order valence-corrected chi connectivity index (χ1v) is 11.4. The number of aromatic nitrogens is 2. The van der Waals surface area contributed by atoms with Gasteiger partial charge in [-0.15, -0.1) is 0 Å². The number of carbonyl (C=O) groups excluding carboxylic acids is 2. The van der Waals surface area contributed by atoms with Gasteiger partial charge in [-0.05, 0) is 25.5 Å². The highest BCUT2D eigenvalue weighted by Gasteiger charge is 2.24. The van der Waals surface area contributed by atoms with E-state index < -0.39 is 0 Å². The topological polar surface area (TPSA) is 78.9 Å². The lowest BCUT2D eigenvalue weighted by atomic mass is 10.2. The molecule has 1 fully saturated rings. The predicted octanol–water partition coefficient (Wildman–Crippen LogP) is 2.74. The molecular formula is C23H30ClN5O3. The quantitative estimate of drug-likeness (QED) is 0.508. The molecule has 1 saturated heterocycles. The highest BCUT2D eigenvalue weighted by molar-refractivity contribution is 6.33. The zero-order chi connectivity index (χ0) is 22.8. The fraction of sp³-hybridized carbons (Fsp3) is 0.478. The second kappa shape index (κ2) is 12.4. The van der Waals surface area contributed by atoms with Crippen LogP contribution >= 0.6 is 11.6 Å². The van der Waals surface area contributed by atoms with Crippen LogP contribution in [0.1, 0.15) is 30.3 Å². The number of para-hydroxylation sites is 1. The standard InChI is InChI=1S/C23H30ClN5O3/c1-2-32-17-5-11-29(23(31)20-18-25-9-10-26-20)12-8-22(30)28-15-13-27(14-16-28)21-7-4-3-6-19(21)24/h3-4,6-7,9-10,18H,2,5,8,11-17H2,1H3. The summed E-state index contributed by atoms with van der Waals surface area (Å²) in [5.41, 5.74) is 1.28. The Morgan fingerprint density at radius 2 is 1.91 bits per heavy atom. The molecule has 0 aliphatic carbocycles. The summed E-state index contributed by atoms with van der Waals surface area (Å²) in [5.74, 6) is -0.170. The fourth-order valence-corrected chi connectivity index (χ4v) is 3.94. The lowest BCUT2D eigenvalue weighted by molar-refractivity contribution is -0.131. The molecule has 0 saturated carbocycles. The Morgan fingerprint density at radius 3 is 2.59 bits per heavy atom. The predicted molar refractivity (Wildman–Crippen MR) is 124 cm³/mol. The fourth-order valence-electron chi connectivity index (χ4n) is 3.68. The monoisotopic (exact) mass is 459 g/mol. The number of carbonyl (C=O) groups is 2. The molecule has 1 aromatic carbocycles. The summed E-state index contributed by atoms with van der Waals surface area (Å²) in [5, 5.41) is 0.720. The zero-order valence-corrected chi connectivity index (χ0v) is 19.2. The van der Waals surface area contributed by atoms with Gasteiger partial charge in [0.2, 0.25) is 5.91 Å². The van der Waals surface area contributed by atoms with Gasteiger partial charge in [-0.2, -0.15) is 0 Å². The van der Waals surface area contributed by atoms with Gasteiger partial charge in [-0.25, -0.2) is 4.98 Å². The molecule has 0 unspecified atom stereocenters. The third-order valence-electron chi connectivity index (χ3n) is 5.41. The first-order valence-electron chi connectivity index (χ1n) is 11.0. The molecule has 0 spiro atoms. The highest BCUT2D eigenvalue weighted by atomic mass is 35.5. The van der Waals surface area contributed by atoms with E-state index in [1.54, 1.807) is 4.90 Å². The second-order valence-electron chi connectivity index (χ2n) is 7.50. The molecule has 2 heterocycles. The molecule has 0 atom stereocenters. The van der Waals surface area contributed by atoms with Gasteiger partial charge in [-0.1, -0.05) is 23.7 Å². The number of anilines is 1. The van der Waals surface area contributed by atoms with E-state index in [-0.39, 0.29) is 23.9 Å². The molecule has 32 heavy (non-hydrogen) atoms. The van der Waals surface area contributed by atoms with Crippen LogP contribution in [0.3, 0.4) is 0 Å². The summed E-state index contributed by atoms with van der Waals surface area (Å²) in [6.45, 7) is 6.70. The van der Waals surface area contributed by atoms with Crippen molar-refractivity contribution in [3.63, 3.8) is 0 Å². The van der Waals surface area contributed by atoms with E-state index in [1.807, 2.05) is 36.1 Å². The molecule has 0 radical (unpaired) electrons. The Balaban J connectivity index is 1.53. The molecule has 1 aromatic heterocycles. The summed E-state index contributed by atoms with van der Waals surface area (Å²) in [7, 11) is 0. The number of amides is 2. The normalized spacial score (nSPS) is 13.8. The molecule has 1 aliphatic rings. The van der Waals surface area contributed by atoms with Crippen molar-refractivity contribution in [1.82, 2.24) is 19.8 Å². The number of piperazine rings is 1. The van der Waals surface area contributed by atoms with Crippen molar-refractivity contribution < 1.29 is 14.3 Å². The van der Waals surface area contributed by atoms with Crippen LogP contribution in [0, 0.1) is 0 Å². The molecule has 9 heteroatoms. The van der Waals surface area contributed by atoms with Crippen molar-refractivity contribution in [2.75, 3.05) is 57.4 Å². The number of halogens is 1. The van der Waals surface area contributed by atoms with E-state index in [0.717, 1.165) is 23.8 Å². The van der Waals surface area contributed by atoms with Crippen LogP contribution in [0.4, 0.5) is 5.69 Å². The maximum Gasteiger partial charge on any atom is 0.274 e. The number of hydrogen-bond donors (Lipinski definition) is 0. The minimum Gasteiger partial charge on any atom is -0.382 e. The number of benzene rings is 1. The zero-order valence-electron chi connectivity index (χ0n) is 18.5. The summed E-state index contributed by atoms with van der Waals surface area (Å²) in [4.78, 5) is 39.5. The van der Waals surface area contributed by atoms with Crippen molar-refractivity contribution in [3.05, 3.63) is 53.6 Å². The average Bonchev–Trinajstić information content (AvgIpc) is 2.84. The lowest BCUT2D eigenvalue weighted by Crippen LogP contribution is -2.49. The van der Waals surface area contributed by atoms with Gasteiger partial charge in [0.25, 0.3) is 5.91 Å². The Morgan fingerprint density at radius 1 is 1.12 bits per heavy atom.